The molecule has 1 unspecified atom stereocenters. The minimum atomic E-state index is -2.76. The van der Waals surface area contributed by atoms with Gasteiger partial charge in [-0.25, -0.2) is 8.42 Å². The van der Waals surface area contributed by atoms with E-state index < -0.39 is 9.84 Å². The topological polar surface area (TPSA) is 57.6 Å². The highest BCUT2D eigenvalue weighted by Crippen LogP contribution is 2.12. The molecule has 4 nitrogen and oxygen atoms in total. The van der Waals surface area contributed by atoms with Gasteiger partial charge in [-0.15, -0.1) is 0 Å². The van der Waals surface area contributed by atoms with Crippen LogP contribution in [0, 0.1) is 5.92 Å². The van der Waals surface area contributed by atoms with E-state index in [1.165, 1.54) is 0 Å². The Labute approximate surface area is 92.2 Å². The molecule has 0 aromatic heterocycles. The fourth-order valence-electron chi connectivity index (χ4n) is 1.91. The molecule has 0 saturated carbocycles. The molecule has 0 aromatic carbocycles. The molecule has 0 aliphatic carbocycles. The van der Waals surface area contributed by atoms with Gasteiger partial charge in [0, 0.05) is 26.2 Å². The zero-order valence-corrected chi connectivity index (χ0v) is 10.2. The maximum atomic E-state index is 11.2. The SMILES string of the molecule is CCC(CCO)CN1CCS(=O)(=O)CC1. The monoisotopic (exact) mass is 235 g/mol. The van der Waals surface area contributed by atoms with Crippen molar-refractivity contribution < 1.29 is 13.5 Å². The Morgan fingerprint density at radius 3 is 2.40 bits per heavy atom. The van der Waals surface area contributed by atoms with Gasteiger partial charge in [-0.3, -0.25) is 0 Å². The van der Waals surface area contributed by atoms with E-state index >= 15 is 0 Å². The summed E-state index contributed by atoms with van der Waals surface area (Å²) in [5.74, 6) is 1.08. The van der Waals surface area contributed by atoms with Crippen LogP contribution in [0.1, 0.15) is 19.8 Å². The normalized spacial score (nSPS) is 23.9. The van der Waals surface area contributed by atoms with Gasteiger partial charge >= 0.3 is 0 Å². The van der Waals surface area contributed by atoms with Gasteiger partial charge in [0.1, 0.15) is 0 Å². The smallest absolute Gasteiger partial charge is 0.152 e. The quantitative estimate of drug-likeness (QED) is 0.735. The maximum Gasteiger partial charge on any atom is 0.152 e. The lowest BCUT2D eigenvalue weighted by atomic mass is 10.0. The fraction of sp³-hybridized carbons (Fsp3) is 1.00. The number of aliphatic hydroxyl groups excluding tert-OH is 1. The van der Waals surface area contributed by atoms with E-state index in [0.717, 1.165) is 19.4 Å². The molecule has 0 amide bonds. The van der Waals surface area contributed by atoms with Crippen LogP contribution in [0.25, 0.3) is 0 Å². The zero-order chi connectivity index (χ0) is 11.3. The number of rotatable bonds is 5. The summed E-state index contributed by atoms with van der Waals surface area (Å²) in [6.45, 7) is 4.58. The Kier molecular flexibility index (Phi) is 5.02. The predicted molar refractivity (Wildman–Crippen MR) is 60.6 cm³/mol. The highest BCUT2D eigenvalue weighted by molar-refractivity contribution is 7.91. The molecule has 1 fully saturated rings. The summed E-state index contributed by atoms with van der Waals surface area (Å²) in [5.41, 5.74) is 0. The van der Waals surface area contributed by atoms with Gasteiger partial charge in [-0.1, -0.05) is 13.3 Å². The molecule has 1 aliphatic rings. The summed E-state index contributed by atoms with van der Waals surface area (Å²) in [4.78, 5) is 2.20. The summed E-state index contributed by atoms with van der Waals surface area (Å²) in [5, 5.41) is 8.87. The number of hydrogen-bond acceptors (Lipinski definition) is 4. The predicted octanol–water partition coefficient (Wildman–Crippen LogP) is 0.125. The molecule has 0 spiro atoms. The second-order valence-electron chi connectivity index (χ2n) is 4.24. The summed E-state index contributed by atoms with van der Waals surface area (Å²) < 4.78 is 22.4. The van der Waals surface area contributed by atoms with Crippen LogP contribution < -0.4 is 0 Å². The average molecular weight is 235 g/mol. The van der Waals surface area contributed by atoms with Crippen LogP contribution >= 0.6 is 0 Å². The van der Waals surface area contributed by atoms with Gasteiger partial charge in [0.05, 0.1) is 11.5 Å². The average Bonchev–Trinajstić information content (AvgIpc) is 2.20. The second kappa shape index (κ2) is 5.82. The molecule has 0 radical (unpaired) electrons. The van der Waals surface area contributed by atoms with Crippen molar-refractivity contribution in [2.45, 2.75) is 19.8 Å². The number of sulfone groups is 1. The molecule has 1 atom stereocenters. The Balaban J connectivity index is 2.34. The third kappa shape index (κ3) is 4.49. The standard InChI is InChI=1S/C10H21NO3S/c1-2-10(3-6-12)9-11-4-7-15(13,14)8-5-11/h10,12H,2-9H2,1H3. The summed E-state index contributed by atoms with van der Waals surface area (Å²) >= 11 is 0. The van der Waals surface area contributed by atoms with Crippen molar-refractivity contribution in [3.05, 3.63) is 0 Å². The molecule has 90 valence electrons. The Morgan fingerprint density at radius 1 is 1.33 bits per heavy atom. The Bertz CT molecular complexity index is 262. The van der Waals surface area contributed by atoms with Crippen molar-refractivity contribution in [1.29, 1.82) is 0 Å². The van der Waals surface area contributed by atoms with Gasteiger partial charge < -0.3 is 10.0 Å². The van der Waals surface area contributed by atoms with Crippen LogP contribution in [0.2, 0.25) is 0 Å². The van der Waals surface area contributed by atoms with Crippen LogP contribution in [-0.2, 0) is 9.84 Å². The van der Waals surface area contributed by atoms with Crippen molar-refractivity contribution in [2.75, 3.05) is 37.7 Å². The van der Waals surface area contributed by atoms with Crippen molar-refractivity contribution in [3.8, 4) is 0 Å². The van der Waals surface area contributed by atoms with Crippen LogP contribution in [0.5, 0.6) is 0 Å². The van der Waals surface area contributed by atoms with E-state index in [1.807, 2.05) is 0 Å². The number of aliphatic hydroxyl groups is 1. The van der Waals surface area contributed by atoms with Crippen molar-refractivity contribution in [1.82, 2.24) is 4.90 Å². The minimum absolute atomic E-state index is 0.227. The van der Waals surface area contributed by atoms with Crippen LogP contribution in [0.3, 0.4) is 0 Å². The summed E-state index contributed by atoms with van der Waals surface area (Å²) in [6.07, 6.45) is 1.86. The molecule has 1 saturated heterocycles. The summed E-state index contributed by atoms with van der Waals surface area (Å²) in [7, 11) is -2.76. The molecule has 0 bridgehead atoms. The lowest BCUT2D eigenvalue weighted by Crippen LogP contribution is -2.42. The molecule has 1 heterocycles. The van der Waals surface area contributed by atoms with E-state index in [9.17, 15) is 8.42 Å². The molecule has 1 rings (SSSR count). The van der Waals surface area contributed by atoms with Gasteiger partial charge in [0.25, 0.3) is 0 Å². The van der Waals surface area contributed by atoms with Crippen molar-refractivity contribution in [3.63, 3.8) is 0 Å². The largest absolute Gasteiger partial charge is 0.396 e. The lowest BCUT2D eigenvalue weighted by Gasteiger charge is -2.29. The first kappa shape index (κ1) is 12.9. The van der Waals surface area contributed by atoms with Gasteiger partial charge in [0.15, 0.2) is 9.84 Å². The number of hydrogen-bond donors (Lipinski definition) is 1. The van der Waals surface area contributed by atoms with Gasteiger partial charge in [-0.2, -0.15) is 0 Å². The number of nitrogens with zero attached hydrogens (tertiary/aromatic N) is 1. The second-order valence-corrected chi connectivity index (χ2v) is 6.54. The van der Waals surface area contributed by atoms with Crippen LogP contribution in [0.15, 0.2) is 0 Å². The van der Waals surface area contributed by atoms with Gasteiger partial charge in [0.2, 0.25) is 0 Å². The molecule has 5 heteroatoms. The third-order valence-electron chi connectivity index (χ3n) is 3.07. The lowest BCUT2D eigenvalue weighted by molar-refractivity contribution is 0.199. The first-order chi connectivity index (χ1) is 7.07. The molecule has 15 heavy (non-hydrogen) atoms. The van der Waals surface area contributed by atoms with E-state index in [0.29, 0.717) is 30.5 Å². The zero-order valence-electron chi connectivity index (χ0n) is 9.35. The summed E-state index contributed by atoms with van der Waals surface area (Å²) in [6, 6.07) is 0. The first-order valence-corrected chi connectivity index (χ1v) is 7.43. The van der Waals surface area contributed by atoms with Crippen molar-refractivity contribution in [2.24, 2.45) is 5.92 Å². The Hall–Kier alpha value is -0.130. The van der Waals surface area contributed by atoms with Crippen LogP contribution in [-0.4, -0.2) is 56.2 Å². The third-order valence-corrected chi connectivity index (χ3v) is 4.68. The molecule has 1 aliphatic heterocycles. The molecular formula is C10H21NO3S. The van der Waals surface area contributed by atoms with Gasteiger partial charge in [-0.05, 0) is 12.3 Å². The first-order valence-electron chi connectivity index (χ1n) is 5.61. The maximum absolute atomic E-state index is 11.2. The van der Waals surface area contributed by atoms with E-state index in [1.54, 1.807) is 0 Å². The molecule has 0 aromatic rings. The highest BCUT2D eigenvalue weighted by atomic mass is 32.2. The fourth-order valence-corrected chi connectivity index (χ4v) is 3.18. The van der Waals surface area contributed by atoms with E-state index in [4.69, 9.17) is 5.11 Å². The van der Waals surface area contributed by atoms with Crippen molar-refractivity contribution >= 4 is 9.84 Å². The molecule has 1 N–H and O–H groups in total. The molecular weight excluding hydrogens is 214 g/mol. The van der Waals surface area contributed by atoms with E-state index in [-0.39, 0.29) is 6.61 Å². The minimum Gasteiger partial charge on any atom is -0.396 e. The van der Waals surface area contributed by atoms with Crippen LogP contribution in [0.4, 0.5) is 0 Å². The van der Waals surface area contributed by atoms with E-state index in [2.05, 4.69) is 11.8 Å². The Morgan fingerprint density at radius 2 is 1.93 bits per heavy atom. The highest BCUT2D eigenvalue weighted by Gasteiger charge is 2.22.